The van der Waals surface area contributed by atoms with Gasteiger partial charge in [-0.15, -0.1) is 0 Å². The van der Waals surface area contributed by atoms with Crippen LogP contribution in [0.5, 0.6) is 0 Å². The van der Waals surface area contributed by atoms with Crippen molar-refractivity contribution >= 4 is 26.6 Å². The van der Waals surface area contributed by atoms with E-state index < -0.39 is 13.6 Å². The van der Waals surface area contributed by atoms with E-state index in [-0.39, 0.29) is 0 Å². The third-order valence-electron chi connectivity index (χ3n) is 4.10. The first-order valence-corrected chi connectivity index (χ1v) is 12.1. The van der Waals surface area contributed by atoms with Gasteiger partial charge < -0.3 is 0 Å². The van der Waals surface area contributed by atoms with E-state index in [2.05, 4.69) is 104 Å². The third-order valence-corrected chi connectivity index (χ3v) is 13.7. The topological polar surface area (TPSA) is 0 Å². The zero-order valence-corrected chi connectivity index (χ0v) is 15.4. The van der Waals surface area contributed by atoms with Crippen molar-refractivity contribution in [3.63, 3.8) is 0 Å². The summed E-state index contributed by atoms with van der Waals surface area (Å²) in [5, 5.41) is 1.07. The fraction of sp³-hybridized carbons (Fsp3) is 0.0909. The van der Waals surface area contributed by atoms with E-state index >= 15 is 0 Å². The van der Waals surface area contributed by atoms with Gasteiger partial charge in [-0.3, -0.25) is 0 Å². The molecule has 0 saturated heterocycles. The molecule has 23 heavy (non-hydrogen) atoms. The maximum atomic E-state index is 4.26. The van der Waals surface area contributed by atoms with Crippen LogP contribution in [0.25, 0.3) is 0 Å². The first-order valence-electron chi connectivity index (χ1n) is 7.93. The molecule has 0 aliphatic rings. The van der Waals surface area contributed by atoms with E-state index in [9.17, 15) is 0 Å². The molecule has 0 aliphatic heterocycles. The van der Waals surface area contributed by atoms with Gasteiger partial charge in [0, 0.05) is 0 Å². The average Bonchev–Trinajstić information content (AvgIpc) is 2.62. The van der Waals surface area contributed by atoms with Crippen LogP contribution < -0.4 is 13.1 Å². The second-order valence-electron chi connectivity index (χ2n) is 5.93. The van der Waals surface area contributed by atoms with Crippen molar-refractivity contribution in [1.82, 2.24) is 0 Å². The number of allylic oxidation sites excluding steroid dienone is 1. The second-order valence-corrected chi connectivity index (χ2v) is 13.2. The van der Waals surface area contributed by atoms with Crippen molar-refractivity contribution in [2.75, 3.05) is 0 Å². The summed E-state index contributed by atoms with van der Waals surface area (Å²) in [5.41, 5.74) is 1.26. The van der Waals surface area contributed by atoms with Gasteiger partial charge in [0.25, 0.3) is 0 Å². The van der Waals surface area contributed by atoms with E-state index in [1.807, 2.05) is 0 Å². The summed E-state index contributed by atoms with van der Waals surface area (Å²) < 4.78 is 4.43. The van der Waals surface area contributed by atoms with Crippen LogP contribution in [0.3, 0.4) is 0 Å². The molecule has 3 rings (SSSR count). The van der Waals surface area contributed by atoms with Gasteiger partial charge >= 0.3 is 142 Å². The van der Waals surface area contributed by atoms with Gasteiger partial charge in [0.2, 0.25) is 0 Å². The van der Waals surface area contributed by atoms with Crippen LogP contribution in [0.2, 0.25) is 5.21 Å². The van der Waals surface area contributed by atoms with Gasteiger partial charge in [-0.25, -0.2) is 0 Å². The van der Waals surface area contributed by atoms with Crippen molar-refractivity contribution in [2.24, 2.45) is 0 Å². The van der Waals surface area contributed by atoms with Gasteiger partial charge in [0.1, 0.15) is 0 Å². The molecule has 0 aromatic heterocycles. The normalized spacial score (nSPS) is 11.2. The molecule has 0 N–H and O–H groups in total. The molecule has 0 bridgehead atoms. The molecule has 0 heterocycles. The molecule has 1 radical (unpaired) electrons. The van der Waals surface area contributed by atoms with E-state index in [4.69, 9.17) is 0 Å². The van der Waals surface area contributed by atoms with Crippen molar-refractivity contribution in [2.45, 2.75) is 12.1 Å². The Morgan fingerprint density at radius 2 is 0.957 bits per heavy atom. The van der Waals surface area contributed by atoms with Crippen LogP contribution in [-0.2, 0) is 0 Å². The molecule has 1 heteroatoms. The average molecular weight is 361 g/mol. The van der Waals surface area contributed by atoms with E-state index in [1.165, 1.54) is 18.6 Å². The number of hydrogen-bond donors (Lipinski definition) is 0. The van der Waals surface area contributed by atoms with Crippen LogP contribution in [0, 0.1) is 0 Å². The molecule has 0 aliphatic carbocycles. The van der Waals surface area contributed by atoms with E-state index in [0.29, 0.717) is 0 Å². The molecule has 0 unspecified atom stereocenters. The predicted molar refractivity (Wildman–Crippen MR) is 104 cm³/mol. The fourth-order valence-electron chi connectivity index (χ4n) is 3.17. The first-order chi connectivity index (χ1) is 11.2. The SMILES string of the molecule is C=C(C)C[As](c1ccccc1)(c1ccccc1)c1ccccc1. The molecule has 115 valence electrons. The third kappa shape index (κ3) is 3.18. The summed E-state index contributed by atoms with van der Waals surface area (Å²) in [6, 6.07) is 33.1. The van der Waals surface area contributed by atoms with Crippen LogP contribution in [-0.4, -0.2) is 13.6 Å². The Hall–Kier alpha value is -2.04. The van der Waals surface area contributed by atoms with Crippen molar-refractivity contribution in [3.8, 4) is 0 Å². The minimum absolute atomic E-state index is 1.07. The zero-order valence-electron chi connectivity index (χ0n) is 13.5. The van der Waals surface area contributed by atoms with Gasteiger partial charge in [-0.05, 0) is 0 Å². The molecule has 0 atom stereocenters. The van der Waals surface area contributed by atoms with Gasteiger partial charge in [0.05, 0.1) is 0 Å². The molecular formula is C22H22As. The first kappa shape index (κ1) is 15.8. The standard InChI is InChI=1S/C22H22As/c1-19(2)18-23(20-12-6-3-7-13-20,21-14-8-4-9-15-21)22-16-10-5-11-17-22/h3-17H,1,18H2,2H3. The van der Waals surface area contributed by atoms with Crippen LogP contribution >= 0.6 is 0 Å². The molecule has 0 saturated carbocycles. The summed E-state index contributed by atoms with van der Waals surface area (Å²) in [7, 11) is 0. The molecule has 0 fully saturated rings. The van der Waals surface area contributed by atoms with Crippen LogP contribution in [0.15, 0.2) is 103 Å². The summed E-state index contributed by atoms with van der Waals surface area (Å²) in [5.74, 6) is 0. The second kappa shape index (κ2) is 7.02. The maximum absolute atomic E-state index is 4.26. The fourth-order valence-corrected chi connectivity index (χ4v) is 12.2. The number of rotatable bonds is 5. The number of hydrogen-bond acceptors (Lipinski definition) is 0. The Kier molecular flexibility index (Phi) is 4.84. The van der Waals surface area contributed by atoms with E-state index in [1.54, 1.807) is 0 Å². The molecular weight excluding hydrogens is 339 g/mol. The zero-order chi connectivity index (χ0) is 16.1. The number of benzene rings is 3. The summed E-state index contributed by atoms with van der Waals surface area (Å²) >= 11 is -2.53. The molecule has 0 nitrogen and oxygen atoms in total. The Labute approximate surface area is 142 Å². The van der Waals surface area contributed by atoms with Gasteiger partial charge in [0.15, 0.2) is 0 Å². The van der Waals surface area contributed by atoms with E-state index in [0.717, 1.165) is 5.21 Å². The monoisotopic (exact) mass is 361 g/mol. The molecule has 3 aromatic carbocycles. The van der Waals surface area contributed by atoms with Crippen LogP contribution in [0.1, 0.15) is 6.92 Å². The Balaban J connectivity index is 2.32. The van der Waals surface area contributed by atoms with Gasteiger partial charge in [-0.2, -0.15) is 0 Å². The van der Waals surface area contributed by atoms with Gasteiger partial charge in [-0.1, -0.05) is 0 Å². The Morgan fingerprint density at radius 3 is 1.22 bits per heavy atom. The van der Waals surface area contributed by atoms with Crippen molar-refractivity contribution in [3.05, 3.63) is 103 Å². The molecule has 0 spiro atoms. The summed E-state index contributed by atoms with van der Waals surface area (Å²) in [4.78, 5) is 0. The quantitative estimate of drug-likeness (QED) is 0.480. The minimum atomic E-state index is -2.53. The predicted octanol–water partition coefficient (Wildman–Crippen LogP) is 3.73. The molecule has 0 amide bonds. The summed E-state index contributed by atoms with van der Waals surface area (Å²) in [6.07, 6.45) is 0. The Morgan fingerprint density at radius 1 is 0.652 bits per heavy atom. The van der Waals surface area contributed by atoms with Crippen LogP contribution in [0.4, 0.5) is 0 Å². The summed E-state index contributed by atoms with van der Waals surface area (Å²) in [6.45, 7) is 6.42. The van der Waals surface area contributed by atoms with Crippen molar-refractivity contribution < 1.29 is 0 Å². The van der Waals surface area contributed by atoms with Crippen molar-refractivity contribution in [1.29, 1.82) is 0 Å². The Bertz CT molecular complexity index is 664. The molecule has 3 aromatic rings.